The summed E-state index contributed by atoms with van der Waals surface area (Å²) in [6.45, 7) is 5.58. The van der Waals surface area contributed by atoms with Crippen LogP contribution in [0.4, 0.5) is 0 Å². The predicted molar refractivity (Wildman–Crippen MR) is 119 cm³/mol. The average Bonchev–Trinajstić information content (AvgIpc) is 3.42. The minimum Gasteiger partial charge on any atom is -0.497 e. The molecule has 164 valence electrons. The number of esters is 1. The van der Waals surface area contributed by atoms with Crippen LogP contribution in [0.25, 0.3) is 21.7 Å². The Kier molecular flexibility index (Phi) is 5.13. The van der Waals surface area contributed by atoms with E-state index in [4.69, 9.17) is 18.9 Å². The number of ether oxygens (including phenoxy) is 2. The van der Waals surface area contributed by atoms with Gasteiger partial charge in [0, 0.05) is 16.9 Å². The predicted octanol–water partition coefficient (Wildman–Crippen LogP) is 5.16. The molecule has 5 rings (SSSR count). The van der Waals surface area contributed by atoms with Crippen molar-refractivity contribution in [2.45, 2.75) is 45.6 Å². The van der Waals surface area contributed by atoms with Crippen molar-refractivity contribution in [3.05, 3.63) is 52.1 Å². The molecule has 0 radical (unpaired) electrons. The molecule has 1 saturated carbocycles. The lowest BCUT2D eigenvalue weighted by Crippen LogP contribution is -2.09. The van der Waals surface area contributed by atoms with Crippen molar-refractivity contribution < 1.29 is 18.7 Å². The van der Waals surface area contributed by atoms with Crippen molar-refractivity contribution in [3.8, 4) is 17.2 Å². The van der Waals surface area contributed by atoms with Crippen molar-refractivity contribution in [1.29, 1.82) is 0 Å². The number of aryl methyl sites for hydroxylation is 2. The molecule has 4 aromatic rings. The van der Waals surface area contributed by atoms with Gasteiger partial charge in [-0.1, -0.05) is 0 Å². The number of rotatable bonds is 6. The summed E-state index contributed by atoms with van der Waals surface area (Å²) < 4.78 is 16.6. The Bertz CT molecular complexity index is 1310. The molecule has 0 aliphatic heterocycles. The number of nitrogens with zero attached hydrogens (tertiary/aromatic N) is 4. The molecule has 0 amide bonds. The first-order valence-corrected chi connectivity index (χ1v) is 11.2. The van der Waals surface area contributed by atoms with Crippen LogP contribution >= 0.6 is 11.3 Å². The van der Waals surface area contributed by atoms with Gasteiger partial charge in [-0.05, 0) is 63.4 Å². The monoisotopic (exact) mass is 450 g/mol. The zero-order valence-corrected chi connectivity index (χ0v) is 19.0. The van der Waals surface area contributed by atoms with Crippen molar-refractivity contribution in [2.24, 2.45) is 0 Å². The molecule has 32 heavy (non-hydrogen) atoms. The second-order valence-corrected chi connectivity index (χ2v) is 8.90. The Labute approximate surface area is 188 Å². The van der Waals surface area contributed by atoms with Crippen LogP contribution in [-0.2, 0) is 4.74 Å². The molecule has 8 nitrogen and oxygen atoms in total. The van der Waals surface area contributed by atoms with Crippen molar-refractivity contribution >= 4 is 27.5 Å². The van der Waals surface area contributed by atoms with Gasteiger partial charge in [-0.3, -0.25) is 0 Å². The molecular formula is C23H22N4O4S. The fourth-order valence-corrected chi connectivity index (χ4v) is 4.71. The zero-order valence-electron chi connectivity index (χ0n) is 18.2. The van der Waals surface area contributed by atoms with Crippen molar-refractivity contribution in [3.63, 3.8) is 0 Å². The Balaban J connectivity index is 1.35. The molecule has 1 aliphatic carbocycles. The first-order valence-electron chi connectivity index (χ1n) is 10.4. The van der Waals surface area contributed by atoms with Gasteiger partial charge in [0.25, 0.3) is 5.89 Å². The van der Waals surface area contributed by atoms with E-state index < -0.39 is 12.1 Å². The molecule has 0 saturated heterocycles. The molecule has 0 N–H and O–H groups in total. The SMILES string of the molecule is COc1ccc(-c2nnc([C@@H](C)OC(=O)c3sc4nc(C5CC5)nc(C)c4c3C)o2)cc1. The van der Waals surface area contributed by atoms with Crippen LogP contribution in [0.1, 0.15) is 64.4 Å². The minimum absolute atomic E-state index is 0.231. The zero-order chi connectivity index (χ0) is 22.4. The Morgan fingerprint density at radius 3 is 2.59 bits per heavy atom. The van der Waals surface area contributed by atoms with E-state index in [9.17, 15) is 4.79 Å². The van der Waals surface area contributed by atoms with Crippen LogP contribution in [0, 0.1) is 13.8 Å². The van der Waals surface area contributed by atoms with E-state index in [2.05, 4.69) is 15.2 Å². The molecule has 9 heteroatoms. The summed E-state index contributed by atoms with van der Waals surface area (Å²) in [5.41, 5.74) is 2.49. The molecule has 1 aromatic carbocycles. The molecular weight excluding hydrogens is 428 g/mol. The third-order valence-electron chi connectivity index (χ3n) is 5.53. The average molecular weight is 451 g/mol. The highest BCUT2D eigenvalue weighted by atomic mass is 32.1. The Hall–Kier alpha value is -3.33. The molecule has 0 unspecified atom stereocenters. The summed E-state index contributed by atoms with van der Waals surface area (Å²) >= 11 is 1.34. The number of benzene rings is 1. The summed E-state index contributed by atoms with van der Waals surface area (Å²) in [6.07, 6.45) is 1.57. The number of hydrogen-bond acceptors (Lipinski definition) is 9. The summed E-state index contributed by atoms with van der Waals surface area (Å²) in [5, 5.41) is 9.06. The quantitative estimate of drug-likeness (QED) is 0.371. The minimum atomic E-state index is -0.694. The van der Waals surface area contributed by atoms with E-state index in [-0.39, 0.29) is 5.89 Å². The summed E-state index contributed by atoms with van der Waals surface area (Å²) in [4.78, 5) is 23.6. The second kappa shape index (κ2) is 7.98. The van der Waals surface area contributed by atoms with Crippen LogP contribution in [0.5, 0.6) is 5.75 Å². The fraction of sp³-hybridized carbons (Fsp3) is 0.348. The van der Waals surface area contributed by atoms with Crippen LogP contribution < -0.4 is 4.74 Å². The van der Waals surface area contributed by atoms with E-state index in [0.717, 1.165) is 51.5 Å². The smallest absolute Gasteiger partial charge is 0.349 e. The highest BCUT2D eigenvalue weighted by Gasteiger charge is 2.29. The molecule has 3 heterocycles. The molecule has 0 spiro atoms. The Morgan fingerprint density at radius 1 is 1.16 bits per heavy atom. The lowest BCUT2D eigenvalue weighted by Gasteiger charge is -2.08. The summed E-state index contributed by atoms with van der Waals surface area (Å²) in [5.74, 6) is 2.21. The Morgan fingerprint density at radius 2 is 1.91 bits per heavy atom. The maximum absolute atomic E-state index is 12.9. The van der Waals surface area contributed by atoms with Gasteiger partial charge < -0.3 is 13.9 Å². The maximum atomic E-state index is 12.9. The fourth-order valence-electron chi connectivity index (χ4n) is 3.59. The number of carbonyl (C=O) groups excluding carboxylic acids is 1. The van der Waals surface area contributed by atoms with Gasteiger partial charge in [-0.25, -0.2) is 14.8 Å². The molecule has 1 fully saturated rings. The van der Waals surface area contributed by atoms with E-state index in [1.807, 2.05) is 38.1 Å². The van der Waals surface area contributed by atoms with Crippen LogP contribution in [0.15, 0.2) is 28.7 Å². The van der Waals surface area contributed by atoms with Gasteiger partial charge >= 0.3 is 5.97 Å². The van der Waals surface area contributed by atoms with E-state index in [1.54, 1.807) is 14.0 Å². The number of methoxy groups -OCH3 is 1. The second-order valence-electron chi connectivity index (χ2n) is 7.90. The van der Waals surface area contributed by atoms with Gasteiger partial charge in [0.1, 0.15) is 21.3 Å². The van der Waals surface area contributed by atoms with Gasteiger partial charge in [0.2, 0.25) is 5.89 Å². The van der Waals surface area contributed by atoms with Gasteiger partial charge in [-0.15, -0.1) is 21.5 Å². The van der Waals surface area contributed by atoms with Gasteiger partial charge in [0.05, 0.1) is 12.8 Å². The largest absolute Gasteiger partial charge is 0.497 e. The highest BCUT2D eigenvalue weighted by Crippen LogP contribution is 2.40. The summed E-state index contributed by atoms with van der Waals surface area (Å²) in [7, 11) is 1.61. The van der Waals surface area contributed by atoms with E-state index in [1.165, 1.54) is 11.3 Å². The van der Waals surface area contributed by atoms with Gasteiger partial charge in [0.15, 0.2) is 6.10 Å². The van der Waals surface area contributed by atoms with Crippen LogP contribution in [0.3, 0.4) is 0 Å². The highest BCUT2D eigenvalue weighted by molar-refractivity contribution is 7.20. The van der Waals surface area contributed by atoms with E-state index in [0.29, 0.717) is 16.7 Å². The van der Waals surface area contributed by atoms with Crippen LogP contribution in [-0.4, -0.2) is 33.2 Å². The molecule has 1 atom stereocenters. The standard InChI is InChI=1S/C23H22N4O4S/c1-11-17-12(2)24-19(14-5-6-14)25-22(17)32-18(11)23(28)30-13(3)20-26-27-21(31-20)15-7-9-16(29-4)10-8-15/h7-10,13-14H,5-6H2,1-4H3/t13-/m1/s1. The van der Waals surface area contributed by atoms with Crippen LogP contribution in [0.2, 0.25) is 0 Å². The molecule has 0 bridgehead atoms. The molecule has 3 aromatic heterocycles. The number of thiophene rings is 1. The van der Waals surface area contributed by atoms with Gasteiger partial charge in [-0.2, -0.15) is 0 Å². The first-order chi connectivity index (χ1) is 15.4. The van der Waals surface area contributed by atoms with Crippen molar-refractivity contribution in [2.75, 3.05) is 7.11 Å². The number of hydrogen-bond donors (Lipinski definition) is 0. The third-order valence-corrected chi connectivity index (χ3v) is 6.69. The summed E-state index contributed by atoms with van der Waals surface area (Å²) in [6, 6.07) is 7.28. The lowest BCUT2D eigenvalue weighted by atomic mass is 10.1. The van der Waals surface area contributed by atoms with E-state index >= 15 is 0 Å². The first kappa shape index (κ1) is 20.6. The number of fused-ring (bicyclic) bond motifs is 1. The molecule has 1 aliphatic rings. The maximum Gasteiger partial charge on any atom is 0.349 e. The normalized spacial score (nSPS) is 14.5. The topological polar surface area (TPSA) is 100 Å². The lowest BCUT2D eigenvalue weighted by molar-refractivity contribution is 0.0285. The number of carbonyl (C=O) groups is 1. The number of aromatic nitrogens is 4. The third kappa shape index (κ3) is 3.73. The van der Waals surface area contributed by atoms with Crippen molar-refractivity contribution in [1.82, 2.24) is 20.2 Å².